The number of carbonyl (C=O) groups excluding carboxylic acids is 1. The third-order valence-electron chi connectivity index (χ3n) is 5.00. The molecule has 8 heteroatoms. The first-order chi connectivity index (χ1) is 16.2. The van der Waals surface area contributed by atoms with Crippen LogP contribution >= 0.6 is 11.3 Å². The number of anilines is 1. The predicted octanol–water partition coefficient (Wildman–Crippen LogP) is 5.05. The number of thiazole rings is 1. The number of ether oxygens (including phenoxy) is 1. The summed E-state index contributed by atoms with van der Waals surface area (Å²) >= 11 is 1.53. The number of aromatic nitrogens is 3. The summed E-state index contributed by atoms with van der Waals surface area (Å²) in [7, 11) is 0. The quantitative estimate of drug-likeness (QED) is 0.285. The zero-order valence-electron chi connectivity index (χ0n) is 17.4. The first-order valence-electron chi connectivity index (χ1n) is 10.2. The van der Waals surface area contributed by atoms with Crippen molar-refractivity contribution in [1.82, 2.24) is 15.0 Å². The van der Waals surface area contributed by atoms with Gasteiger partial charge in [-0.1, -0.05) is 30.3 Å². The lowest BCUT2D eigenvalue weighted by atomic mass is 10.1. The van der Waals surface area contributed by atoms with Gasteiger partial charge in [0.05, 0.1) is 33.4 Å². The molecule has 33 heavy (non-hydrogen) atoms. The second-order valence-corrected chi connectivity index (χ2v) is 8.16. The maximum absolute atomic E-state index is 13.0. The molecule has 1 N–H and O–H groups in total. The van der Waals surface area contributed by atoms with E-state index in [1.807, 2.05) is 48.5 Å². The van der Waals surface area contributed by atoms with Crippen LogP contribution in [0.1, 0.15) is 15.9 Å². The van der Waals surface area contributed by atoms with Crippen LogP contribution in [0.2, 0.25) is 0 Å². The Labute approximate surface area is 193 Å². The highest BCUT2D eigenvalue weighted by Crippen LogP contribution is 2.31. The number of fused-ring (bicyclic) bond motifs is 2. The Hall–Kier alpha value is -4.35. The van der Waals surface area contributed by atoms with Gasteiger partial charge >= 0.3 is 5.97 Å². The molecule has 0 radical (unpaired) electrons. The van der Waals surface area contributed by atoms with Crippen LogP contribution in [-0.2, 0) is 4.74 Å². The summed E-state index contributed by atoms with van der Waals surface area (Å²) in [5, 5.41) is 13.6. The lowest BCUT2D eigenvalue weighted by Crippen LogP contribution is -2.15. The number of benzene rings is 2. The highest BCUT2D eigenvalue weighted by atomic mass is 32.1. The van der Waals surface area contributed by atoms with Gasteiger partial charge in [0, 0.05) is 11.6 Å². The van der Waals surface area contributed by atoms with E-state index in [2.05, 4.69) is 21.4 Å². The van der Waals surface area contributed by atoms with Gasteiger partial charge < -0.3 is 10.1 Å². The molecule has 0 saturated carbocycles. The van der Waals surface area contributed by atoms with E-state index in [0.29, 0.717) is 34.7 Å². The molecule has 0 aliphatic heterocycles. The summed E-state index contributed by atoms with van der Waals surface area (Å²) in [6.45, 7) is 0.443. The molecule has 0 amide bonds. The maximum atomic E-state index is 13.0. The van der Waals surface area contributed by atoms with Crippen molar-refractivity contribution in [3.8, 4) is 16.8 Å². The number of nitriles is 1. The summed E-state index contributed by atoms with van der Waals surface area (Å²) in [4.78, 5) is 26.5. The van der Waals surface area contributed by atoms with Gasteiger partial charge in [0.25, 0.3) is 0 Å². The summed E-state index contributed by atoms with van der Waals surface area (Å²) in [6.07, 6.45) is 1.60. The average molecular weight is 452 g/mol. The fourth-order valence-electron chi connectivity index (χ4n) is 3.46. The SMILES string of the molecule is N#Cc1cccnc1NCCOC(=O)c1cc(-c2nc3ccccc3s2)nc2ccccc12. The molecule has 0 unspecified atom stereocenters. The van der Waals surface area contributed by atoms with E-state index < -0.39 is 5.97 Å². The number of nitrogens with one attached hydrogen (secondary N) is 1. The minimum Gasteiger partial charge on any atom is -0.460 e. The van der Waals surface area contributed by atoms with Crippen molar-refractivity contribution >= 4 is 44.2 Å². The molecule has 0 atom stereocenters. The number of pyridine rings is 2. The van der Waals surface area contributed by atoms with Crippen LogP contribution in [-0.4, -0.2) is 34.1 Å². The number of hydrogen-bond acceptors (Lipinski definition) is 8. The van der Waals surface area contributed by atoms with Gasteiger partial charge in [-0.05, 0) is 36.4 Å². The molecule has 0 aliphatic rings. The molecular weight excluding hydrogens is 434 g/mol. The Bertz CT molecular complexity index is 1490. The molecule has 3 heterocycles. The van der Waals surface area contributed by atoms with Crippen molar-refractivity contribution in [2.45, 2.75) is 0 Å². The molecule has 0 fully saturated rings. The van der Waals surface area contributed by atoms with Crippen molar-refractivity contribution < 1.29 is 9.53 Å². The van der Waals surface area contributed by atoms with Crippen LogP contribution in [0, 0.1) is 11.3 Å². The fourth-order valence-corrected chi connectivity index (χ4v) is 4.39. The van der Waals surface area contributed by atoms with Gasteiger partial charge in [-0.2, -0.15) is 5.26 Å². The Morgan fingerprint density at radius 2 is 1.85 bits per heavy atom. The van der Waals surface area contributed by atoms with Crippen LogP contribution < -0.4 is 5.32 Å². The number of nitrogens with zero attached hydrogens (tertiary/aromatic N) is 4. The number of para-hydroxylation sites is 2. The maximum Gasteiger partial charge on any atom is 0.338 e. The first kappa shape index (κ1) is 20.5. The smallest absolute Gasteiger partial charge is 0.338 e. The summed E-state index contributed by atoms with van der Waals surface area (Å²) in [6, 6.07) is 22.5. The normalized spacial score (nSPS) is 10.8. The number of rotatable bonds is 6. The molecule has 7 nitrogen and oxygen atoms in total. The van der Waals surface area contributed by atoms with Crippen LogP contribution in [0.25, 0.3) is 31.8 Å². The van der Waals surface area contributed by atoms with Gasteiger partial charge in [-0.15, -0.1) is 11.3 Å². The Morgan fingerprint density at radius 3 is 2.70 bits per heavy atom. The van der Waals surface area contributed by atoms with E-state index in [0.717, 1.165) is 20.6 Å². The molecule has 0 aliphatic carbocycles. The monoisotopic (exact) mass is 451 g/mol. The van der Waals surface area contributed by atoms with E-state index in [9.17, 15) is 4.79 Å². The Morgan fingerprint density at radius 1 is 1.03 bits per heavy atom. The second kappa shape index (κ2) is 9.02. The van der Waals surface area contributed by atoms with Crippen molar-refractivity contribution in [2.24, 2.45) is 0 Å². The molecule has 0 saturated heterocycles. The third kappa shape index (κ3) is 4.22. The molecule has 0 bridgehead atoms. The van der Waals surface area contributed by atoms with Gasteiger partial charge in [0.1, 0.15) is 29.2 Å². The molecule has 0 spiro atoms. The minimum atomic E-state index is -0.445. The summed E-state index contributed by atoms with van der Waals surface area (Å²) < 4.78 is 6.58. The highest BCUT2D eigenvalue weighted by Gasteiger charge is 2.17. The van der Waals surface area contributed by atoms with Crippen LogP contribution in [0.5, 0.6) is 0 Å². The topological polar surface area (TPSA) is 101 Å². The standard InChI is InChI=1S/C25H17N5O2S/c26-15-16-6-5-11-27-23(16)28-12-13-32-25(31)18-14-21(29-19-8-2-1-7-17(18)19)24-30-20-9-3-4-10-22(20)33-24/h1-11,14H,12-13H2,(H,27,28). The average Bonchev–Trinajstić information content (AvgIpc) is 3.30. The zero-order chi connectivity index (χ0) is 22.6. The zero-order valence-corrected chi connectivity index (χ0v) is 18.2. The second-order valence-electron chi connectivity index (χ2n) is 7.13. The number of carbonyl (C=O) groups is 1. The highest BCUT2D eigenvalue weighted by molar-refractivity contribution is 7.21. The van der Waals surface area contributed by atoms with Crippen LogP contribution in [0.4, 0.5) is 5.82 Å². The van der Waals surface area contributed by atoms with Gasteiger partial charge in [-0.25, -0.2) is 19.7 Å². The van der Waals surface area contributed by atoms with Gasteiger partial charge in [-0.3, -0.25) is 0 Å². The van der Waals surface area contributed by atoms with E-state index in [4.69, 9.17) is 15.0 Å². The van der Waals surface area contributed by atoms with Gasteiger partial charge in [0.2, 0.25) is 0 Å². The van der Waals surface area contributed by atoms with Crippen molar-refractivity contribution in [1.29, 1.82) is 5.26 Å². The van der Waals surface area contributed by atoms with Crippen molar-refractivity contribution in [3.05, 3.63) is 84.1 Å². The first-order valence-corrected chi connectivity index (χ1v) is 11.1. The summed E-state index contributed by atoms with van der Waals surface area (Å²) in [5.41, 5.74) is 3.10. The van der Waals surface area contributed by atoms with Crippen LogP contribution in [0.15, 0.2) is 72.9 Å². The molecule has 2 aromatic carbocycles. The van der Waals surface area contributed by atoms with E-state index in [1.54, 1.807) is 24.4 Å². The van der Waals surface area contributed by atoms with E-state index in [1.165, 1.54) is 11.3 Å². The lowest BCUT2D eigenvalue weighted by molar-refractivity contribution is 0.0523. The van der Waals surface area contributed by atoms with E-state index in [-0.39, 0.29) is 6.61 Å². The largest absolute Gasteiger partial charge is 0.460 e. The number of esters is 1. The van der Waals surface area contributed by atoms with Crippen molar-refractivity contribution in [3.63, 3.8) is 0 Å². The van der Waals surface area contributed by atoms with E-state index >= 15 is 0 Å². The molecule has 5 rings (SSSR count). The summed E-state index contributed by atoms with van der Waals surface area (Å²) in [5.74, 6) is 0.0165. The minimum absolute atomic E-state index is 0.118. The van der Waals surface area contributed by atoms with Gasteiger partial charge in [0.15, 0.2) is 0 Å². The Balaban J connectivity index is 1.38. The molecule has 3 aromatic heterocycles. The fraction of sp³-hybridized carbons (Fsp3) is 0.0800. The predicted molar refractivity (Wildman–Crippen MR) is 128 cm³/mol. The number of hydrogen-bond donors (Lipinski definition) is 1. The molecule has 5 aromatic rings. The molecular formula is C25H17N5O2S. The van der Waals surface area contributed by atoms with Crippen molar-refractivity contribution in [2.75, 3.05) is 18.5 Å². The lowest BCUT2D eigenvalue weighted by Gasteiger charge is -2.10. The van der Waals surface area contributed by atoms with Crippen LogP contribution in [0.3, 0.4) is 0 Å². The Kier molecular flexibility index (Phi) is 5.62. The third-order valence-corrected chi connectivity index (χ3v) is 6.06. The molecule has 160 valence electrons.